The minimum Gasteiger partial charge on any atom is -0.487 e. The topological polar surface area (TPSA) is 84.9 Å². The first-order valence-corrected chi connectivity index (χ1v) is 10.7. The summed E-state index contributed by atoms with van der Waals surface area (Å²) in [6.45, 7) is -0.0672. The molecule has 4 rings (SSSR count). The zero-order valence-electron chi connectivity index (χ0n) is 17.6. The third-order valence-corrected chi connectivity index (χ3v) is 6.01. The smallest absolute Gasteiger partial charge is 0.487 e. The number of ether oxygens (including phenoxy) is 2. The highest BCUT2D eigenvalue weighted by molar-refractivity contribution is 6.36. The molecule has 34 heavy (non-hydrogen) atoms. The number of benzene rings is 3. The van der Waals surface area contributed by atoms with E-state index in [1.807, 2.05) is 0 Å². The molecule has 0 aliphatic heterocycles. The fourth-order valence-corrected chi connectivity index (χ4v) is 4.05. The first-order valence-electron chi connectivity index (χ1n) is 10.3. The van der Waals surface area contributed by atoms with Crippen molar-refractivity contribution in [3.05, 3.63) is 70.7 Å². The Labute approximate surface area is 197 Å². The van der Waals surface area contributed by atoms with Crippen LogP contribution < -0.4 is 14.8 Å². The maximum Gasteiger partial charge on any atom is 0.573 e. The van der Waals surface area contributed by atoms with Gasteiger partial charge < -0.3 is 19.9 Å². The van der Waals surface area contributed by atoms with Crippen LogP contribution in [0.1, 0.15) is 35.2 Å². The number of carboxylic acids is 1. The molecular formula is C24H19ClF3NO5. The molecule has 0 bridgehead atoms. The van der Waals surface area contributed by atoms with Crippen molar-refractivity contribution in [2.75, 3.05) is 0 Å². The van der Waals surface area contributed by atoms with E-state index in [1.165, 1.54) is 18.2 Å². The quantitative estimate of drug-likeness (QED) is 0.440. The predicted octanol–water partition coefficient (Wildman–Crippen LogP) is 5.71. The Balaban J connectivity index is 1.63. The first-order chi connectivity index (χ1) is 16.1. The second-order valence-electron chi connectivity index (χ2n) is 7.96. The number of hydrogen-bond acceptors (Lipinski definition) is 4. The SMILES string of the molecule is O=C(NC1(C(=O)O)CCC1)c1cc(Cl)c2ccccc2c1OCc1ccc(OC(F)(F)F)cc1. The molecule has 0 saturated heterocycles. The summed E-state index contributed by atoms with van der Waals surface area (Å²) in [4.78, 5) is 24.8. The minimum absolute atomic E-state index is 0.0632. The molecule has 0 heterocycles. The summed E-state index contributed by atoms with van der Waals surface area (Å²) in [6.07, 6.45) is -3.48. The fraction of sp³-hybridized carbons (Fsp3) is 0.250. The number of nitrogens with one attached hydrogen (secondary N) is 1. The van der Waals surface area contributed by atoms with Crippen LogP contribution >= 0.6 is 11.6 Å². The lowest BCUT2D eigenvalue weighted by Crippen LogP contribution is -2.59. The zero-order chi connectivity index (χ0) is 24.5. The lowest BCUT2D eigenvalue weighted by atomic mass is 9.76. The monoisotopic (exact) mass is 493 g/mol. The van der Waals surface area contributed by atoms with Crippen LogP contribution in [0.25, 0.3) is 10.8 Å². The van der Waals surface area contributed by atoms with Gasteiger partial charge in [0.05, 0.1) is 5.56 Å². The molecule has 3 aromatic rings. The van der Waals surface area contributed by atoms with Crippen LogP contribution in [-0.4, -0.2) is 28.9 Å². The Hall–Kier alpha value is -3.46. The van der Waals surface area contributed by atoms with E-state index < -0.39 is 23.8 Å². The Morgan fingerprint density at radius 3 is 2.26 bits per heavy atom. The van der Waals surface area contributed by atoms with Crippen LogP contribution in [0.3, 0.4) is 0 Å². The van der Waals surface area contributed by atoms with Gasteiger partial charge in [-0.15, -0.1) is 13.2 Å². The number of carboxylic acid groups (broad SMARTS) is 1. The summed E-state index contributed by atoms with van der Waals surface area (Å²) in [7, 11) is 0. The van der Waals surface area contributed by atoms with E-state index in [9.17, 15) is 27.9 Å². The summed E-state index contributed by atoms with van der Waals surface area (Å²) in [5.41, 5.74) is -0.741. The molecule has 0 unspecified atom stereocenters. The molecule has 1 fully saturated rings. The number of fused-ring (bicyclic) bond motifs is 1. The minimum atomic E-state index is -4.80. The summed E-state index contributed by atoms with van der Waals surface area (Å²) >= 11 is 6.39. The van der Waals surface area contributed by atoms with E-state index in [0.29, 0.717) is 40.6 Å². The van der Waals surface area contributed by atoms with Gasteiger partial charge in [-0.05, 0) is 43.0 Å². The van der Waals surface area contributed by atoms with E-state index in [1.54, 1.807) is 24.3 Å². The standard InChI is InChI=1S/C24H19ClF3NO5/c25-19-12-18(21(30)29-23(22(31)32)10-3-11-23)20(17-5-2-1-4-16(17)19)33-13-14-6-8-15(9-7-14)34-24(26,27)28/h1-2,4-9,12H,3,10-11,13H2,(H,29,30)(H,31,32). The van der Waals surface area contributed by atoms with Crippen molar-refractivity contribution in [2.45, 2.75) is 37.8 Å². The van der Waals surface area contributed by atoms with Gasteiger partial charge in [0, 0.05) is 15.8 Å². The number of carbonyl (C=O) groups is 2. The van der Waals surface area contributed by atoms with Gasteiger partial charge in [0.25, 0.3) is 5.91 Å². The molecule has 178 valence electrons. The van der Waals surface area contributed by atoms with Crippen LogP contribution in [0, 0.1) is 0 Å². The average Bonchev–Trinajstić information content (AvgIpc) is 2.75. The van der Waals surface area contributed by atoms with Gasteiger partial charge in [0.1, 0.15) is 23.6 Å². The number of rotatable bonds is 7. The molecule has 1 saturated carbocycles. The Morgan fingerprint density at radius 1 is 1.06 bits per heavy atom. The van der Waals surface area contributed by atoms with Gasteiger partial charge in [-0.1, -0.05) is 48.0 Å². The van der Waals surface area contributed by atoms with Crippen molar-refractivity contribution in [3.8, 4) is 11.5 Å². The van der Waals surface area contributed by atoms with Crippen LogP contribution in [0.5, 0.6) is 11.5 Å². The third kappa shape index (κ3) is 4.89. The van der Waals surface area contributed by atoms with Gasteiger partial charge in [-0.3, -0.25) is 4.79 Å². The normalized spacial score (nSPS) is 14.8. The van der Waals surface area contributed by atoms with Crippen molar-refractivity contribution in [1.29, 1.82) is 0 Å². The zero-order valence-corrected chi connectivity index (χ0v) is 18.4. The largest absolute Gasteiger partial charge is 0.573 e. The second-order valence-corrected chi connectivity index (χ2v) is 8.36. The van der Waals surface area contributed by atoms with E-state index in [0.717, 1.165) is 12.1 Å². The van der Waals surface area contributed by atoms with E-state index in [-0.39, 0.29) is 23.7 Å². The van der Waals surface area contributed by atoms with Gasteiger partial charge in [-0.25, -0.2) is 4.79 Å². The molecule has 6 nitrogen and oxygen atoms in total. The molecule has 0 atom stereocenters. The molecule has 0 radical (unpaired) electrons. The number of alkyl halides is 3. The fourth-order valence-electron chi connectivity index (χ4n) is 3.78. The molecule has 3 aromatic carbocycles. The van der Waals surface area contributed by atoms with Crippen LogP contribution in [0.15, 0.2) is 54.6 Å². The molecule has 1 amide bonds. The van der Waals surface area contributed by atoms with Crippen molar-refractivity contribution in [2.24, 2.45) is 0 Å². The van der Waals surface area contributed by atoms with Crippen molar-refractivity contribution < 1.29 is 37.3 Å². The average molecular weight is 494 g/mol. The summed E-state index contributed by atoms with van der Waals surface area (Å²) in [6, 6.07) is 13.5. The Bertz CT molecular complexity index is 1240. The highest BCUT2D eigenvalue weighted by Gasteiger charge is 2.46. The van der Waals surface area contributed by atoms with Crippen LogP contribution in [0.2, 0.25) is 5.02 Å². The van der Waals surface area contributed by atoms with Gasteiger partial charge in [-0.2, -0.15) is 0 Å². The highest BCUT2D eigenvalue weighted by atomic mass is 35.5. The highest BCUT2D eigenvalue weighted by Crippen LogP contribution is 2.38. The van der Waals surface area contributed by atoms with Crippen molar-refractivity contribution in [3.63, 3.8) is 0 Å². The van der Waals surface area contributed by atoms with Gasteiger partial charge >= 0.3 is 12.3 Å². The molecule has 10 heteroatoms. The van der Waals surface area contributed by atoms with Crippen LogP contribution in [-0.2, 0) is 11.4 Å². The number of amides is 1. The van der Waals surface area contributed by atoms with E-state index in [2.05, 4.69) is 10.1 Å². The predicted molar refractivity (Wildman–Crippen MR) is 118 cm³/mol. The molecule has 0 spiro atoms. The summed E-state index contributed by atoms with van der Waals surface area (Å²) in [5.74, 6) is -1.93. The summed E-state index contributed by atoms with van der Waals surface area (Å²) in [5, 5.41) is 13.6. The van der Waals surface area contributed by atoms with E-state index >= 15 is 0 Å². The number of halogens is 4. The molecule has 1 aliphatic carbocycles. The lowest BCUT2D eigenvalue weighted by Gasteiger charge is -2.38. The maximum atomic E-state index is 13.1. The summed E-state index contributed by atoms with van der Waals surface area (Å²) < 4.78 is 46.9. The molecular weight excluding hydrogens is 475 g/mol. The first kappa shape index (κ1) is 23.7. The van der Waals surface area contributed by atoms with Gasteiger partial charge in [0.2, 0.25) is 0 Å². The van der Waals surface area contributed by atoms with Gasteiger partial charge in [0.15, 0.2) is 0 Å². The molecule has 0 aromatic heterocycles. The number of hydrogen-bond donors (Lipinski definition) is 2. The number of aliphatic carboxylic acids is 1. The van der Waals surface area contributed by atoms with Crippen molar-refractivity contribution in [1.82, 2.24) is 5.32 Å². The van der Waals surface area contributed by atoms with E-state index in [4.69, 9.17) is 16.3 Å². The number of carbonyl (C=O) groups excluding carboxylic acids is 1. The lowest BCUT2D eigenvalue weighted by molar-refractivity contribution is -0.274. The molecule has 1 aliphatic rings. The maximum absolute atomic E-state index is 13.1. The third-order valence-electron chi connectivity index (χ3n) is 5.70. The Kier molecular flexibility index (Phi) is 6.31. The Morgan fingerprint density at radius 2 is 1.71 bits per heavy atom. The van der Waals surface area contributed by atoms with Crippen LogP contribution in [0.4, 0.5) is 13.2 Å². The second kappa shape index (κ2) is 9.06. The van der Waals surface area contributed by atoms with Crippen molar-refractivity contribution >= 4 is 34.2 Å². The molecule has 2 N–H and O–H groups in total.